The van der Waals surface area contributed by atoms with E-state index in [-0.39, 0.29) is 17.9 Å². The van der Waals surface area contributed by atoms with E-state index in [4.69, 9.17) is 4.74 Å². The average molecular weight is 368 g/mol. The van der Waals surface area contributed by atoms with Crippen LogP contribution in [-0.4, -0.2) is 28.7 Å². The molecule has 0 fully saturated rings. The molecule has 0 saturated heterocycles. The molecule has 3 heterocycles. The van der Waals surface area contributed by atoms with Crippen molar-refractivity contribution in [3.8, 4) is 17.0 Å². The molecule has 3 aromatic heterocycles. The first-order chi connectivity index (χ1) is 13.1. The normalized spacial score (nSPS) is 11.2. The Morgan fingerprint density at radius 1 is 1.22 bits per heavy atom. The minimum absolute atomic E-state index is 0.0885. The van der Waals surface area contributed by atoms with Gasteiger partial charge in [-0.25, -0.2) is 14.4 Å². The van der Waals surface area contributed by atoms with Gasteiger partial charge >= 0.3 is 0 Å². The van der Waals surface area contributed by atoms with Gasteiger partial charge in [-0.1, -0.05) is 0 Å². The van der Waals surface area contributed by atoms with E-state index in [9.17, 15) is 9.18 Å². The highest BCUT2D eigenvalue weighted by molar-refractivity contribution is 5.65. The molecule has 8 nitrogen and oxygen atoms in total. The molecular formula is C18H17FN6O2. The maximum absolute atomic E-state index is 14.2. The first-order valence-electron chi connectivity index (χ1n) is 8.40. The number of imidazole rings is 1. The fourth-order valence-corrected chi connectivity index (χ4v) is 2.84. The second kappa shape index (κ2) is 6.67. The van der Waals surface area contributed by atoms with Crippen LogP contribution in [0.5, 0.6) is 5.75 Å². The lowest BCUT2D eigenvalue weighted by Crippen LogP contribution is -2.20. The van der Waals surface area contributed by atoms with E-state index >= 15 is 0 Å². The van der Waals surface area contributed by atoms with Gasteiger partial charge in [0.15, 0.2) is 17.4 Å². The van der Waals surface area contributed by atoms with Crippen LogP contribution in [0.3, 0.4) is 0 Å². The lowest BCUT2D eigenvalue weighted by atomic mass is 10.1. The second-order valence-electron chi connectivity index (χ2n) is 5.96. The molecule has 0 aliphatic heterocycles. The van der Waals surface area contributed by atoms with Crippen molar-refractivity contribution >= 4 is 5.65 Å². The third kappa shape index (κ3) is 2.97. The molecule has 27 heavy (non-hydrogen) atoms. The molecule has 4 aromatic rings. The minimum Gasteiger partial charge on any atom is -0.483 e. The zero-order chi connectivity index (χ0) is 19.0. The molecule has 138 valence electrons. The lowest BCUT2D eigenvalue weighted by Gasteiger charge is -2.09. The Morgan fingerprint density at radius 2 is 2.07 bits per heavy atom. The molecule has 0 aliphatic rings. The van der Waals surface area contributed by atoms with Crippen molar-refractivity contribution in [3.63, 3.8) is 0 Å². The second-order valence-corrected chi connectivity index (χ2v) is 5.96. The molecule has 0 saturated carbocycles. The molecule has 0 aliphatic carbocycles. The van der Waals surface area contributed by atoms with Crippen LogP contribution in [0, 0.1) is 5.82 Å². The fourth-order valence-electron chi connectivity index (χ4n) is 2.84. The standard InChI is InChI=1S/C18H17FN6O2/c1-3-24-6-7-25-14(9-20-17(25)18(24)26)12-4-5-13(19)15(8-12)27-10-16-21-11-22-23(16)2/h4-9,11H,3,10H2,1-2H3. The smallest absolute Gasteiger partial charge is 0.294 e. The summed E-state index contributed by atoms with van der Waals surface area (Å²) in [5.74, 6) is 0.185. The summed E-state index contributed by atoms with van der Waals surface area (Å²) in [5.41, 5.74) is 1.51. The highest BCUT2D eigenvalue weighted by Crippen LogP contribution is 2.27. The van der Waals surface area contributed by atoms with Gasteiger partial charge in [0.2, 0.25) is 5.65 Å². The summed E-state index contributed by atoms with van der Waals surface area (Å²) in [6, 6.07) is 4.54. The summed E-state index contributed by atoms with van der Waals surface area (Å²) in [5, 5.41) is 3.95. The van der Waals surface area contributed by atoms with E-state index in [1.807, 2.05) is 6.92 Å². The number of fused-ring (bicyclic) bond motifs is 1. The molecule has 4 rings (SSSR count). The summed E-state index contributed by atoms with van der Waals surface area (Å²) in [4.78, 5) is 20.7. The molecule has 0 amide bonds. The van der Waals surface area contributed by atoms with Gasteiger partial charge in [0.05, 0.1) is 11.9 Å². The number of halogens is 1. The van der Waals surface area contributed by atoms with Crippen LogP contribution >= 0.6 is 0 Å². The summed E-state index contributed by atoms with van der Waals surface area (Å²) >= 11 is 0. The quantitative estimate of drug-likeness (QED) is 0.539. The Balaban J connectivity index is 1.70. The summed E-state index contributed by atoms with van der Waals surface area (Å²) in [6.07, 6.45) is 6.48. The Bertz CT molecular complexity index is 1180. The maximum atomic E-state index is 14.2. The highest BCUT2D eigenvalue weighted by Gasteiger charge is 2.13. The molecule has 0 radical (unpaired) electrons. The highest BCUT2D eigenvalue weighted by atomic mass is 19.1. The topological polar surface area (TPSA) is 79.2 Å². The number of benzene rings is 1. The number of ether oxygens (including phenoxy) is 1. The van der Waals surface area contributed by atoms with Crippen LogP contribution in [0.2, 0.25) is 0 Å². The van der Waals surface area contributed by atoms with Crippen molar-refractivity contribution < 1.29 is 9.13 Å². The number of aryl methyl sites for hydroxylation is 2. The van der Waals surface area contributed by atoms with Crippen molar-refractivity contribution in [2.45, 2.75) is 20.1 Å². The molecule has 0 bridgehead atoms. The van der Waals surface area contributed by atoms with Crippen LogP contribution in [-0.2, 0) is 20.2 Å². The van der Waals surface area contributed by atoms with E-state index in [2.05, 4.69) is 15.1 Å². The third-order valence-electron chi connectivity index (χ3n) is 4.37. The van der Waals surface area contributed by atoms with E-state index in [0.717, 1.165) is 0 Å². The first kappa shape index (κ1) is 17.0. The van der Waals surface area contributed by atoms with Crippen LogP contribution in [0.15, 0.2) is 47.9 Å². The van der Waals surface area contributed by atoms with Gasteiger partial charge in [-0.15, -0.1) is 0 Å². The summed E-state index contributed by atoms with van der Waals surface area (Å²) in [6.45, 7) is 2.54. The van der Waals surface area contributed by atoms with Gasteiger partial charge in [0.1, 0.15) is 12.9 Å². The molecule has 9 heteroatoms. The van der Waals surface area contributed by atoms with Crippen molar-refractivity contribution in [2.24, 2.45) is 7.05 Å². The summed E-state index contributed by atoms with van der Waals surface area (Å²) < 4.78 is 24.6. The number of rotatable bonds is 5. The minimum atomic E-state index is -0.483. The number of hydrogen-bond acceptors (Lipinski definition) is 5. The Morgan fingerprint density at radius 3 is 2.81 bits per heavy atom. The zero-order valence-corrected chi connectivity index (χ0v) is 14.8. The fraction of sp³-hybridized carbons (Fsp3) is 0.222. The van der Waals surface area contributed by atoms with Gasteiger partial charge in [-0.05, 0) is 25.1 Å². The van der Waals surface area contributed by atoms with Crippen molar-refractivity contribution in [1.29, 1.82) is 0 Å². The molecule has 0 atom stereocenters. The van der Waals surface area contributed by atoms with Gasteiger partial charge in [-0.2, -0.15) is 5.10 Å². The van der Waals surface area contributed by atoms with Crippen molar-refractivity contribution in [3.05, 3.63) is 65.1 Å². The molecule has 0 N–H and O–H groups in total. The number of nitrogens with zero attached hydrogens (tertiary/aromatic N) is 6. The van der Waals surface area contributed by atoms with Crippen LogP contribution in [0.25, 0.3) is 16.9 Å². The van der Waals surface area contributed by atoms with Crippen LogP contribution in [0.1, 0.15) is 12.7 Å². The molecular weight excluding hydrogens is 351 g/mol. The van der Waals surface area contributed by atoms with Crippen LogP contribution < -0.4 is 10.3 Å². The lowest BCUT2D eigenvalue weighted by molar-refractivity contribution is 0.276. The largest absolute Gasteiger partial charge is 0.483 e. The monoisotopic (exact) mass is 368 g/mol. The van der Waals surface area contributed by atoms with Crippen molar-refractivity contribution in [2.75, 3.05) is 0 Å². The van der Waals surface area contributed by atoms with Gasteiger partial charge in [0.25, 0.3) is 5.56 Å². The van der Waals surface area contributed by atoms with Crippen molar-refractivity contribution in [1.82, 2.24) is 28.7 Å². The number of aromatic nitrogens is 6. The summed E-state index contributed by atoms with van der Waals surface area (Å²) in [7, 11) is 1.74. The zero-order valence-electron chi connectivity index (χ0n) is 14.8. The van der Waals surface area contributed by atoms with E-state index in [1.54, 1.807) is 51.4 Å². The Kier molecular flexibility index (Phi) is 4.19. The van der Waals surface area contributed by atoms with Gasteiger partial charge in [-0.3, -0.25) is 13.9 Å². The van der Waals surface area contributed by atoms with Gasteiger partial charge in [0, 0.05) is 31.5 Å². The Labute approximate surface area is 153 Å². The van der Waals surface area contributed by atoms with Gasteiger partial charge < -0.3 is 9.30 Å². The molecule has 0 spiro atoms. The van der Waals surface area contributed by atoms with E-state index < -0.39 is 5.82 Å². The predicted molar refractivity (Wildman–Crippen MR) is 95.9 cm³/mol. The first-order valence-corrected chi connectivity index (χ1v) is 8.40. The predicted octanol–water partition coefficient (Wildman–Crippen LogP) is 2.03. The van der Waals surface area contributed by atoms with E-state index in [1.165, 1.54) is 12.4 Å². The van der Waals surface area contributed by atoms with E-state index in [0.29, 0.717) is 29.3 Å². The van der Waals surface area contributed by atoms with Crippen LogP contribution in [0.4, 0.5) is 4.39 Å². The average Bonchev–Trinajstić information content (AvgIpc) is 3.28. The Hall–Kier alpha value is -3.49. The molecule has 1 aromatic carbocycles. The SMILES string of the molecule is CCn1ccn2c(-c3ccc(F)c(OCc4ncnn4C)c3)cnc2c1=O. The number of hydrogen-bond donors (Lipinski definition) is 0. The third-order valence-corrected chi connectivity index (χ3v) is 4.37. The molecule has 0 unspecified atom stereocenters. The maximum Gasteiger partial charge on any atom is 0.294 e.